The van der Waals surface area contributed by atoms with Gasteiger partial charge in [-0.05, 0) is 54.9 Å². The van der Waals surface area contributed by atoms with Crippen LogP contribution in [0, 0.1) is 0 Å². The molecule has 2 aliphatic rings. The van der Waals surface area contributed by atoms with Crippen LogP contribution in [-0.4, -0.2) is 21.5 Å². The van der Waals surface area contributed by atoms with E-state index in [4.69, 9.17) is 12.2 Å². The van der Waals surface area contributed by atoms with Gasteiger partial charge in [0.25, 0.3) is 11.8 Å². The second-order valence-corrected chi connectivity index (χ2v) is 7.36. The smallest absolute Gasteiger partial charge is 0.270 e. The number of amides is 2. The number of nitrogens with one attached hydrogen (secondary N) is 1. The molecule has 6 heteroatoms. The summed E-state index contributed by atoms with van der Waals surface area (Å²) in [6.45, 7) is 0. The van der Waals surface area contributed by atoms with Crippen LogP contribution in [0.5, 0.6) is 0 Å². The number of carbonyl (C=O) groups excluding carboxylic acids is 2. The Labute approximate surface area is 163 Å². The molecule has 1 saturated carbocycles. The van der Waals surface area contributed by atoms with Crippen LogP contribution in [0.1, 0.15) is 43.7 Å². The topological polar surface area (TPSA) is 54.3 Å². The van der Waals surface area contributed by atoms with Gasteiger partial charge in [0.1, 0.15) is 5.57 Å². The predicted molar refractivity (Wildman–Crippen MR) is 109 cm³/mol. The van der Waals surface area contributed by atoms with E-state index in [-0.39, 0.29) is 10.7 Å². The molecule has 0 bridgehead atoms. The molecule has 2 fully saturated rings. The van der Waals surface area contributed by atoms with Gasteiger partial charge < -0.3 is 4.57 Å². The van der Waals surface area contributed by atoms with Crippen molar-refractivity contribution in [2.24, 2.45) is 0 Å². The van der Waals surface area contributed by atoms with Crippen molar-refractivity contribution in [3.8, 4) is 0 Å². The van der Waals surface area contributed by atoms with Crippen LogP contribution < -0.4 is 10.2 Å². The first-order chi connectivity index (χ1) is 13.1. The summed E-state index contributed by atoms with van der Waals surface area (Å²) in [6, 6.07) is 11.6. The van der Waals surface area contributed by atoms with Gasteiger partial charge in [0.05, 0.1) is 5.69 Å². The number of hydrogen-bond acceptors (Lipinski definition) is 3. The summed E-state index contributed by atoms with van der Waals surface area (Å²) >= 11 is 5.21. The molecule has 1 aromatic carbocycles. The SMILES string of the molecule is O=C1NC(=S)N(c2ccccc2)C(=O)/C1=C\c1ccn(C2CCCCC2)c1. The molecule has 5 nitrogen and oxygen atoms in total. The van der Waals surface area contributed by atoms with Gasteiger partial charge in [-0.2, -0.15) is 0 Å². The van der Waals surface area contributed by atoms with Crippen LogP contribution in [0.3, 0.4) is 0 Å². The zero-order valence-corrected chi connectivity index (χ0v) is 15.7. The van der Waals surface area contributed by atoms with Gasteiger partial charge in [-0.3, -0.25) is 19.8 Å². The van der Waals surface area contributed by atoms with Crippen molar-refractivity contribution in [2.45, 2.75) is 38.1 Å². The quantitative estimate of drug-likeness (QED) is 0.501. The van der Waals surface area contributed by atoms with Gasteiger partial charge in [-0.1, -0.05) is 37.5 Å². The van der Waals surface area contributed by atoms with Crippen molar-refractivity contribution >= 4 is 40.9 Å². The van der Waals surface area contributed by atoms with E-state index in [2.05, 4.69) is 9.88 Å². The number of nitrogens with zero attached hydrogens (tertiary/aromatic N) is 2. The van der Waals surface area contributed by atoms with Crippen molar-refractivity contribution in [2.75, 3.05) is 4.90 Å². The maximum Gasteiger partial charge on any atom is 0.270 e. The minimum atomic E-state index is -0.456. The third kappa shape index (κ3) is 3.57. The molecule has 1 aromatic heterocycles. The summed E-state index contributed by atoms with van der Waals surface area (Å²) in [7, 11) is 0. The van der Waals surface area contributed by atoms with Gasteiger partial charge in [0, 0.05) is 18.4 Å². The predicted octanol–water partition coefficient (Wildman–Crippen LogP) is 3.82. The summed E-state index contributed by atoms with van der Waals surface area (Å²) in [6.07, 6.45) is 11.9. The lowest BCUT2D eigenvalue weighted by atomic mass is 9.95. The minimum absolute atomic E-state index is 0.0915. The molecule has 2 heterocycles. The monoisotopic (exact) mass is 379 g/mol. The first-order valence-corrected chi connectivity index (χ1v) is 9.68. The lowest BCUT2D eigenvalue weighted by Crippen LogP contribution is -2.54. The van der Waals surface area contributed by atoms with Crippen molar-refractivity contribution in [1.29, 1.82) is 0 Å². The Morgan fingerprint density at radius 1 is 1.04 bits per heavy atom. The Kier molecular flexibility index (Phi) is 4.90. The zero-order valence-electron chi connectivity index (χ0n) is 14.9. The fourth-order valence-corrected chi connectivity index (χ4v) is 4.04. The molecule has 0 unspecified atom stereocenters. The Bertz CT molecular complexity index is 911. The van der Waals surface area contributed by atoms with E-state index in [1.807, 2.05) is 36.7 Å². The van der Waals surface area contributed by atoms with Crippen LogP contribution in [0.4, 0.5) is 5.69 Å². The van der Waals surface area contributed by atoms with Gasteiger partial charge in [0.15, 0.2) is 5.11 Å². The zero-order chi connectivity index (χ0) is 18.8. The van der Waals surface area contributed by atoms with E-state index in [1.54, 1.807) is 18.2 Å². The average molecular weight is 379 g/mol. The van der Waals surface area contributed by atoms with E-state index in [0.717, 1.165) is 5.56 Å². The van der Waals surface area contributed by atoms with Crippen molar-refractivity contribution in [1.82, 2.24) is 9.88 Å². The highest BCUT2D eigenvalue weighted by Crippen LogP contribution is 2.29. The minimum Gasteiger partial charge on any atom is -0.351 e. The lowest BCUT2D eigenvalue weighted by Gasteiger charge is -2.28. The second-order valence-electron chi connectivity index (χ2n) is 6.98. The molecule has 1 aliphatic heterocycles. The number of benzene rings is 1. The average Bonchev–Trinajstić information content (AvgIpc) is 3.15. The summed E-state index contributed by atoms with van der Waals surface area (Å²) in [5.74, 6) is -0.858. The van der Waals surface area contributed by atoms with E-state index in [9.17, 15) is 9.59 Å². The second kappa shape index (κ2) is 7.48. The van der Waals surface area contributed by atoms with Crippen molar-refractivity contribution < 1.29 is 9.59 Å². The van der Waals surface area contributed by atoms with Crippen LogP contribution in [0.2, 0.25) is 0 Å². The lowest BCUT2D eigenvalue weighted by molar-refractivity contribution is -0.122. The number of aromatic nitrogens is 1. The molecular formula is C21H21N3O2S. The summed E-state index contributed by atoms with van der Waals surface area (Å²) in [5, 5.41) is 2.73. The number of thiocarbonyl (C=S) groups is 1. The molecule has 2 aromatic rings. The van der Waals surface area contributed by atoms with E-state index >= 15 is 0 Å². The number of carbonyl (C=O) groups is 2. The van der Waals surface area contributed by atoms with Crippen molar-refractivity contribution in [3.63, 3.8) is 0 Å². The largest absolute Gasteiger partial charge is 0.351 e. The van der Waals surface area contributed by atoms with E-state index < -0.39 is 11.8 Å². The molecule has 0 radical (unpaired) electrons. The Hall–Kier alpha value is -2.73. The highest BCUT2D eigenvalue weighted by Gasteiger charge is 2.34. The fourth-order valence-electron chi connectivity index (χ4n) is 3.76. The summed E-state index contributed by atoms with van der Waals surface area (Å²) in [5.41, 5.74) is 1.58. The summed E-state index contributed by atoms with van der Waals surface area (Å²) < 4.78 is 2.20. The maximum atomic E-state index is 13.0. The Morgan fingerprint density at radius 3 is 2.52 bits per heavy atom. The Morgan fingerprint density at radius 2 is 1.78 bits per heavy atom. The number of rotatable bonds is 3. The van der Waals surface area contributed by atoms with Gasteiger partial charge >= 0.3 is 0 Å². The molecule has 0 spiro atoms. The molecule has 1 saturated heterocycles. The molecular weight excluding hydrogens is 358 g/mol. The maximum absolute atomic E-state index is 13.0. The summed E-state index contributed by atoms with van der Waals surface area (Å²) in [4.78, 5) is 26.7. The third-order valence-corrected chi connectivity index (χ3v) is 5.45. The normalized spacial score (nSPS) is 20.2. The molecule has 1 N–H and O–H groups in total. The third-order valence-electron chi connectivity index (χ3n) is 5.16. The van der Waals surface area contributed by atoms with Crippen LogP contribution in [0.25, 0.3) is 6.08 Å². The highest BCUT2D eigenvalue weighted by atomic mass is 32.1. The van der Waals surface area contributed by atoms with E-state index in [1.165, 1.54) is 37.0 Å². The Balaban J connectivity index is 1.62. The molecule has 1 aliphatic carbocycles. The van der Waals surface area contributed by atoms with E-state index in [0.29, 0.717) is 11.7 Å². The molecule has 4 rings (SSSR count). The number of anilines is 1. The molecule has 2 amide bonds. The standard InChI is InChI=1S/C21H21N3O2S/c25-19-18(13-15-11-12-23(14-15)16-7-3-1-4-8-16)20(26)24(21(27)22-19)17-9-5-2-6-10-17/h2,5-6,9-14,16H,1,3-4,7-8H2,(H,22,25,27)/b18-13-. The molecule has 138 valence electrons. The number of para-hydroxylation sites is 1. The first-order valence-electron chi connectivity index (χ1n) is 9.27. The highest BCUT2D eigenvalue weighted by molar-refractivity contribution is 7.80. The van der Waals surface area contributed by atoms with Crippen LogP contribution in [0.15, 0.2) is 54.4 Å². The first kappa shape index (κ1) is 17.7. The van der Waals surface area contributed by atoms with Crippen molar-refractivity contribution in [3.05, 3.63) is 59.9 Å². The molecule has 27 heavy (non-hydrogen) atoms. The van der Waals surface area contributed by atoms with Gasteiger partial charge in [-0.25, -0.2) is 0 Å². The van der Waals surface area contributed by atoms with Gasteiger partial charge in [0.2, 0.25) is 0 Å². The molecule has 0 atom stereocenters. The fraction of sp³-hybridized carbons (Fsp3) is 0.286. The number of hydrogen-bond donors (Lipinski definition) is 1. The van der Waals surface area contributed by atoms with Gasteiger partial charge in [-0.15, -0.1) is 0 Å². The van der Waals surface area contributed by atoms with Crippen LogP contribution >= 0.6 is 12.2 Å². The van der Waals surface area contributed by atoms with Crippen LogP contribution in [-0.2, 0) is 9.59 Å².